The summed E-state index contributed by atoms with van der Waals surface area (Å²) in [5, 5.41) is 2.69. The highest BCUT2D eigenvalue weighted by Crippen LogP contribution is 2.71. The van der Waals surface area contributed by atoms with E-state index in [4.69, 9.17) is 12.2 Å². The molecular weight excluding hydrogens is 238 g/mol. The number of rotatable bonds is 1. The van der Waals surface area contributed by atoms with Gasteiger partial charge in [0.25, 0.3) is 0 Å². The summed E-state index contributed by atoms with van der Waals surface area (Å²) in [6.45, 7) is 9.76. The van der Waals surface area contributed by atoms with Crippen molar-refractivity contribution in [2.24, 2.45) is 40.0 Å². The lowest BCUT2D eigenvalue weighted by atomic mass is 9.73. The van der Waals surface area contributed by atoms with Gasteiger partial charge in [0.15, 0.2) is 0 Å². The smallest absolute Gasteiger partial charge is 0.0713 e. The van der Waals surface area contributed by atoms with Crippen LogP contribution >= 0.6 is 12.2 Å². The molecule has 1 nitrogen and oxygen atoms in total. The second-order valence-electron chi connectivity index (χ2n) is 7.79. The van der Waals surface area contributed by atoms with Crippen molar-refractivity contribution in [2.75, 3.05) is 0 Å². The van der Waals surface area contributed by atoms with Gasteiger partial charge in [-0.3, -0.25) is 0 Å². The Balaban J connectivity index is 1.97. The van der Waals surface area contributed by atoms with Crippen LogP contribution in [-0.4, -0.2) is 10.7 Å². The van der Waals surface area contributed by atoms with Gasteiger partial charge >= 0.3 is 0 Å². The van der Waals surface area contributed by atoms with Gasteiger partial charge < -0.3 is 0 Å². The minimum Gasteiger partial charge on any atom is -0.226 e. The third-order valence-electron chi connectivity index (χ3n) is 6.67. The summed E-state index contributed by atoms with van der Waals surface area (Å²) in [5.41, 5.74) is 0.672. The van der Waals surface area contributed by atoms with Gasteiger partial charge in [-0.25, -0.2) is 4.99 Å². The van der Waals surface area contributed by atoms with Crippen molar-refractivity contribution in [1.82, 2.24) is 0 Å². The quantitative estimate of drug-likeness (QED) is 0.498. The first kappa shape index (κ1) is 12.8. The predicted octanol–water partition coefficient (Wildman–Crippen LogP) is 4.58. The van der Waals surface area contributed by atoms with Crippen molar-refractivity contribution in [1.29, 1.82) is 0 Å². The monoisotopic (exact) mass is 263 g/mol. The fraction of sp³-hybridized carbons (Fsp3) is 0.938. The highest BCUT2D eigenvalue weighted by atomic mass is 32.1. The second kappa shape index (κ2) is 3.90. The van der Waals surface area contributed by atoms with Gasteiger partial charge in [0.2, 0.25) is 0 Å². The van der Waals surface area contributed by atoms with E-state index in [1.807, 2.05) is 0 Å². The van der Waals surface area contributed by atoms with Crippen molar-refractivity contribution in [2.45, 2.75) is 58.9 Å². The Labute approximate surface area is 116 Å². The van der Waals surface area contributed by atoms with E-state index in [2.05, 4.69) is 37.8 Å². The van der Waals surface area contributed by atoms with E-state index >= 15 is 0 Å². The first-order valence-corrected chi connectivity index (χ1v) is 7.91. The van der Waals surface area contributed by atoms with Crippen LogP contribution in [0.5, 0.6) is 0 Å². The second-order valence-corrected chi connectivity index (χ2v) is 7.97. The zero-order valence-corrected chi connectivity index (χ0v) is 12.9. The maximum Gasteiger partial charge on any atom is 0.0713 e. The molecule has 1 unspecified atom stereocenters. The van der Waals surface area contributed by atoms with Crippen LogP contribution in [0.4, 0.5) is 0 Å². The van der Waals surface area contributed by atoms with Gasteiger partial charge in [-0.1, -0.05) is 27.2 Å². The first-order valence-electron chi connectivity index (χ1n) is 7.51. The summed E-state index contributed by atoms with van der Waals surface area (Å²) >= 11 is 4.91. The fourth-order valence-electron chi connectivity index (χ4n) is 5.53. The van der Waals surface area contributed by atoms with Crippen LogP contribution in [0.1, 0.15) is 53.4 Å². The van der Waals surface area contributed by atoms with Gasteiger partial charge in [-0.2, -0.15) is 0 Å². The standard InChI is InChI=1S/C16H25NS/c1-10-5-6-11-13(10)14-12(15(14,2)3)7-8-16(11,4)17-9-18/h10-14H,5-8H2,1-4H3/t10-,11+,12-,13?,14-,16+/m1/s1. The van der Waals surface area contributed by atoms with Crippen LogP contribution < -0.4 is 0 Å². The molecule has 0 bridgehead atoms. The van der Waals surface area contributed by atoms with Crippen molar-refractivity contribution in [3.63, 3.8) is 0 Å². The van der Waals surface area contributed by atoms with Gasteiger partial charge in [0.1, 0.15) is 0 Å². The molecule has 6 atom stereocenters. The van der Waals surface area contributed by atoms with E-state index < -0.39 is 0 Å². The number of nitrogens with zero attached hydrogens (tertiary/aromatic N) is 1. The molecule has 0 heterocycles. The summed E-state index contributed by atoms with van der Waals surface area (Å²) in [4.78, 5) is 4.62. The van der Waals surface area contributed by atoms with E-state index in [9.17, 15) is 0 Å². The van der Waals surface area contributed by atoms with Crippen LogP contribution in [0.3, 0.4) is 0 Å². The Bertz CT molecular complexity index is 409. The van der Waals surface area contributed by atoms with Crippen LogP contribution in [-0.2, 0) is 0 Å². The molecular formula is C16H25NS. The maximum atomic E-state index is 4.91. The Hall–Kier alpha value is -0.200. The van der Waals surface area contributed by atoms with E-state index in [0.717, 1.165) is 29.6 Å². The normalized spacial score (nSPS) is 52.8. The SMILES string of the molecule is C[C@@H]1CC[C@H]2C1[C@H]1[C@@H](CC[C@]2(C)N=C=S)C1(C)C. The molecule has 18 heavy (non-hydrogen) atoms. The molecule has 0 amide bonds. The lowest BCUT2D eigenvalue weighted by Gasteiger charge is -2.35. The number of aliphatic imine (C=N–C) groups is 1. The molecule has 3 aliphatic carbocycles. The molecule has 100 valence electrons. The predicted molar refractivity (Wildman–Crippen MR) is 78.8 cm³/mol. The Morgan fingerprint density at radius 3 is 2.50 bits per heavy atom. The highest BCUT2D eigenvalue weighted by molar-refractivity contribution is 7.78. The molecule has 0 aromatic heterocycles. The van der Waals surface area contributed by atoms with Crippen molar-refractivity contribution in [3.05, 3.63) is 0 Å². The van der Waals surface area contributed by atoms with Crippen molar-refractivity contribution < 1.29 is 0 Å². The van der Waals surface area contributed by atoms with Gasteiger partial charge in [0.05, 0.1) is 10.7 Å². The molecule has 2 heteroatoms. The lowest BCUT2D eigenvalue weighted by molar-refractivity contribution is 0.176. The molecule has 0 aliphatic heterocycles. The minimum atomic E-state index is 0.0840. The van der Waals surface area contributed by atoms with E-state index in [0.29, 0.717) is 5.41 Å². The number of hydrogen-bond acceptors (Lipinski definition) is 2. The largest absolute Gasteiger partial charge is 0.226 e. The molecule has 3 fully saturated rings. The van der Waals surface area contributed by atoms with Crippen LogP contribution in [0.15, 0.2) is 4.99 Å². The van der Waals surface area contributed by atoms with Crippen molar-refractivity contribution in [3.8, 4) is 0 Å². The summed E-state index contributed by atoms with van der Waals surface area (Å²) in [6, 6.07) is 0. The topological polar surface area (TPSA) is 12.4 Å². The summed E-state index contributed by atoms with van der Waals surface area (Å²) < 4.78 is 0. The van der Waals surface area contributed by atoms with E-state index in [-0.39, 0.29) is 5.54 Å². The van der Waals surface area contributed by atoms with Crippen LogP contribution in [0.25, 0.3) is 0 Å². The minimum absolute atomic E-state index is 0.0840. The molecule has 3 rings (SSSR count). The van der Waals surface area contributed by atoms with E-state index in [1.54, 1.807) is 0 Å². The summed E-state index contributed by atoms with van der Waals surface area (Å²) in [6.07, 6.45) is 5.29. The zero-order chi connectivity index (χ0) is 13.1. The molecule has 3 aliphatic rings. The number of thiocarbonyl (C=S) groups is 1. The number of fused-ring (bicyclic) bond motifs is 3. The van der Waals surface area contributed by atoms with Gasteiger partial charge in [-0.05, 0) is 73.4 Å². The number of hydrogen-bond donors (Lipinski definition) is 0. The number of isothiocyanates is 1. The van der Waals surface area contributed by atoms with Crippen LogP contribution in [0.2, 0.25) is 0 Å². The highest BCUT2D eigenvalue weighted by Gasteiger charge is 2.66. The molecule has 0 aromatic rings. The third-order valence-corrected chi connectivity index (χ3v) is 6.76. The van der Waals surface area contributed by atoms with E-state index in [1.165, 1.54) is 25.7 Å². The average molecular weight is 263 g/mol. The third kappa shape index (κ3) is 1.58. The Morgan fingerprint density at radius 1 is 1.11 bits per heavy atom. The average Bonchev–Trinajstić information content (AvgIpc) is 2.65. The maximum absolute atomic E-state index is 4.91. The zero-order valence-electron chi connectivity index (χ0n) is 12.1. The van der Waals surface area contributed by atoms with Crippen molar-refractivity contribution >= 4 is 17.4 Å². The molecule has 0 spiro atoms. The molecule has 0 N–H and O–H groups in total. The lowest BCUT2D eigenvalue weighted by Crippen LogP contribution is -2.36. The molecule has 3 saturated carbocycles. The van der Waals surface area contributed by atoms with Gasteiger partial charge in [0, 0.05) is 0 Å². The fourth-order valence-corrected chi connectivity index (χ4v) is 5.74. The molecule has 0 radical (unpaired) electrons. The first-order chi connectivity index (χ1) is 8.42. The Kier molecular flexibility index (Phi) is 2.78. The molecule has 0 aromatic carbocycles. The molecule has 0 saturated heterocycles. The Morgan fingerprint density at radius 2 is 1.83 bits per heavy atom. The van der Waals surface area contributed by atoms with Gasteiger partial charge in [-0.15, -0.1) is 0 Å². The van der Waals surface area contributed by atoms with Crippen LogP contribution in [0, 0.1) is 35.0 Å². The summed E-state index contributed by atoms with van der Waals surface area (Å²) in [5.74, 6) is 4.39. The summed E-state index contributed by atoms with van der Waals surface area (Å²) in [7, 11) is 0.